The standard InChI is InChI=1S/C9H7F2NO2/c10-6-2-1-3-7(11)8(6)9(14)12-4-5-13/h1-3,5H,4H2,(H,12,14). The number of amides is 1. The van der Waals surface area contributed by atoms with Crippen LogP contribution in [0.3, 0.4) is 0 Å². The predicted octanol–water partition coefficient (Wildman–Crippen LogP) is 0.894. The SMILES string of the molecule is O=CCNC(=O)c1c(F)cccc1F. The first-order chi connectivity index (χ1) is 6.66. The summed E-state index contributed by atoms with van der Waals surface area (Å²) in [6.07, 6.45) is 0.427. The first kappa shape index (κ1) is 10.3. The van der Waals surface area contributed by atoms with Gasteiger partial charge in [0, 0.05) is 0 Å². The minimum Gasteiger partial charge on any atom is -0.345 e. The quantitative estimate of drug-likeness (QED) is 0.735. The Kier molecular flexibility index (Phi) is 3.28. The van der Waals surface area contributed by atoms with Crippen LogP contribution in [0, 0.1) is 11.6 Å². The van der Waals surface area contributed by atoms with Gasteiger partial charge in [0.2, 0.25) is 0 Å². The van der Waals surface area contributed by atoms with Crippen molar-refractivity contribution in [2.24, 2.45) is 0 Å². The minimum atomic E-state index is -0.951. The number of benzene rings is 1. The Morgan fingerprint density at radius 3 is 2.43 bits per heavy atom. The lowest BCUT2D eigenvalue weighted by molar-refractivity contribution is -0.107. The van der Waals surface area contributed by atoms with E-state index in [1.54, 1.807) is 0 Å². The van der Waals surface area contributed by atoms with Crippen LogP contribution in [0.1, 0.15) is 10.4 Å². The summed E-state index contributed by atoms with van der Waals surface area (Å²) in [5, 5.41) is 2.04. The van der Waals surface area contributed by atoms with Crippen LogP contribution in [-0.4, -0.2) is 18.7 Å². The highest BCUT2D eigenvalue weighted by Crippen LogP contribution is 2.11. The fraction of sp³-hybridized carbons (Fsp3) is 0.111. The van der Waals surface area contributed by atoms with Crippen LogP contribution in [0.25, 0.3) is 0 Å². The van der Waals surface area contributed by atoms with E-state index in [-0.39, 0.29) is 6.54 Å². The monoisotopic (exact) mass is 199 g/mol. The van der Waals surface area contributed by atoms with Crippen LogP contribution in [0.2, 0.25) is 0 Å². The Hall–Kier alpha value is -1.78. The average molecular weight is 199 g/mol. The van der Waals surface area contributed by atoms with E-state index >= 15 is 0 Å². The van der Waals surface area contributed by atoms with E-state index in [1.165, 1.54) is 0 Å². The zero-order chi connectivity index (χ0) is 10.6. The second kappa shape index (κ2) is 4.45. The van der Waals surface area contributed by atoms with Crippen molar-refractivity contribution in [2.75, 3.05) is 6.54 Å². The van der Waals surface area contributed by atoms with Gasteiger partial charge in [0.1, 0.15) is 23.5 Å². The van der Waals surface area contributed by atoms with E-state index in [0.717, 1.165) is 18.2 Å². The van der Waals surface area contributed by atoms with Crippen LogP contribution in [0.5, 0.6) is 0 Å². The zero-order valence-electron chi connectivity index (χ0n) is 7.09. The normalized spacial score (nSPS) is 9.57. The van der Waals surface area contributed by atoms with Crippen molar-refractivity contribution in [3.8, 4) is 0 Å². The van der Waals surface area contributed by atoms with Crippen molar-refractivity contribution in [1.82, 2.24) is 5.32 Å². The second-order valence-corrected chi connectivity index (χ2v) is 2.47. The van der Waals surface area contributed by atoms with Crippen LogP contribution < -0.4 is 5.32 Å². The summed E-state index contributed by atoms with van der Waals surface area (Å²) in [7, 11) is 0. The van der Waals surface area contributed by atoms with E-state index in [0.29, 0.717) is 6.29 Å². The summed E-state index contributed by atoms with van der Waals surface area (Å²) in [4.78, 5) is 21.0. The maximum atomic E-state index is 12.9. The van der Waals surface area contributed by atoms with E-state index in [2.05, 4.69) is 0 Å². The van der Waals surface area contributed by atoms with Crippen LogP contribution in [0.4, 0.5) is 8.78 Å². The fourth-order valence-electron chi connectivity index (χ4n) is 0.937. The van der Waals surface area contributed by atoms with Crippen molar-refractivity contribution in [2.45, 2.75) is 0 Å². The van der Waals surface area contributed by atoms with Gasteiger partial charge in [-0.3, -0.25) is 4.79 Å². The molecule has 1 aromatic carbocycles. The maximum absolute atomic E-state index is 12.9. The molecule has 1 rings (SSSR count). The molecule has 0 saturated heterocycles. The molecule has 0 spiro atoms. The van der Waals surface area contributed by atoms with Crippen molar-refractivity contribution in [3.05, 3.63) is 35.4 Å². The Balaban J connectivity index is 2.94. The molecule has 74 valence electrons. The highest BCUT2D eigenvalue weighted by atomic mass is 19.1. The summed E-state index contributed by atoms with van der Waals surface area (Å²) >= 11 is 0. The van der Waals surface area contributed by atoms with Crippen molar-refractivity contribution < 1.29 is 18.4 Å². The summed E-state index contributed by atoms with van der Waals surface area (Å²) in [5.41, 5.74) is -0.672. The molecule has 14 heavy (non-hydrogen) atoms. The number of hydrogen-bond acceptors (Lipinski definition) is 2. The summed E-state index contributed by atoms with van der Waals surface area (Å²) in [5.74, 6) is -2.84. The number of carbonyl (C=O) groups is 2. The van der Waals surface area contributed by atoms with Gasteiger partial charge in [0.15, 0.2) is 0 Å². The lowest BCUT2D eigenvalue weighted by Crippen LogP contribution is -2.27. The molecule has 0 bridgehead atoms. The molecule has 0 aliphatic carbocycles. The van der Waals surface area contributed by atoms with Crippen LogP contribution in [-0.2, 0) is 4.79 Å². The third-order valence-corrected chi connectivity index (χ3v) is 1.54. The lowest BCUT2D eigenvalue weighted by atomic mass is 10.2. The molecule has 0 aromatic heterocycles. The lowest BCUT2D eigenvalue weighted by Gasteiger charge is -2.03. The highest BCUT2D eigenvalue weighted by Gasteiger charge is 2.15. The maximum Gasteiger partial charge on any atom is 0.257 e. The van der Waals surface area contributed by atoms with Gasteiger partial charge < -0.3 is 10.1 Å². The van der Waals surface area contributed by atoms with Gasteiger partial charge in [-0.05, 0) is 12.1 Å². The molecule has 3 nitrogen and oxygen atoms in total. The number of aldehydes is 1. The third-order valence-electron chi connectivity index (χ3n) is 1.54. The summed E-state index contributed by atoms with van der Waals surface area (Å²) in [6.45, 7) is -0.271. The van der Waals surface area contributed by atoms with Gasteiger partial charge in [-0.25, -0.2) is 8.78 Å². The predicted molar refractivity (Wildman–Crippen MR) is 44.8 cm³/mol. The molecule has 0 fully saturated rings. The topological polar surface area (TPSA) is 46.2 Å². The van der Waals surface area contributed by atoms with Gasteiger partial charge in [-0.1, -0.05) is 6.07 Å². The van der Waals surface area contributed by atoms with E-state index in [4.69, 9.17) is 0 Å². The van der Waals surface area contributed by atoms with Gasteiger partial charge in [0.25, 0.3) is 5.91 Å². The minimum absolute atomic E-state index is 0.271. The Bertz CT molecular complexity index is 346. The largest absolute Gasteiger partial charge is 0.345 e. The molecular weight excluding hydrogens is 192 g/mol. The van der Waals surface area contributed by atoms with Crippen molar-refractivity contribution >= 4 is 12.2 Å². The smallest absolute Gasteiger partial charge is 0.257 e. The Labute approximate surface area is 78.7 Å². The zero-order valence-corrected chi connectivity index (χ0v) is 7.09. The molecule has 1 aromatic rings. The van der Waals surface area contributed by atoms with Crippen LogP contribution in [0.15, 0.2) is 18.2 Å². The molecule has 5 heteroatoms. The molecule has 0 heterocycles. The number of carbonyl (C=O) groups excluding carboxylic acids is 2. The number of rotatable bonds is 3. The highest BCUT2D eigenvalue weighted by molar-refractivity contribution is 5.95. The average Bonchev–Trinajstić information content (AvgIpc) is 2.14. The molecule has 0 aliphatic heterocycles. The molecule has 0 unspecified atom stereocenters. The molecule has 0 saturated carbocycles. The van der Waals surface area contributed by atoms with Gasteiger partial charge in [0.05, 0.1) is 6.54 Å². The number of nitrogens with one attached hydrogen (secondary N) is 1. The van der Waals surface area contributed by atoms with E-state index in [9.17, 15) is 18.4 Å². The first-order valence-electron chi connectivity index (χ1n) is 3.82. The molecule has 1 amide bonds. The van der Waals surface area contributed by atoms with Crippen molar-refractivity contribution in [3.63, 3.8) is 0 Å². The molecule has 0 radical (unpaired) electrons. The molecule has 1 N–H and O–H groups in total. The number of halogens is 2. The number of hydrogen-bond donors (Lipinski definition) is 1. The van der Waals surface area contributed by atoms with Gasteiger partial charge in [-0.15, -0.1) is 0 Å². The van der Waals surface area contributed by atoms with Crippen molar-refractivity contribution in [1.29, 1.82) is 0 Å². The summed E-state index contributed by atoms with van der Waals surface area (Å²) in [6, 6.07) is 3.10. The Morgan fingerprint density at radius 2 is 1.93 bits per heavy atom. The van der Waals surface area contributed by atoms with Gasteiger partial charge in [-0.2, -0.15) is 0 Å². The second-order valence-electron chi connectivity index (χ2n) is 2.47. The fourth-order valence-corrected chi connectivity index (χ4v) is 0.937. The molecular formula is C9H7F2NO2. The molecule has 0 aliphatic rings. The van der Waals surface area contributed by atoms with E-state index < -0.39 is 23.1 Å². The van der Waals surface area contributed by atoms with Crippen LogP contribution >= 0.6 is 0 Å². The first-order valence-corrected chi connectivity index (χ1v) is 3.82. The Morgan fingerprint density at radius 1 is 1.36 bits per heavy atom. The van der Waals surface area contributed by atoms with E-state index in [1.807, 2.05) is 5.32 Å². The van der Waals surface area contributed by atoms with Gasteiger partial charge >= 0.3 is 0 Å². The molecule has 0 atom stereocenters. The summed E-state index contributed by atoms with van der Waals surface area (Å²) < 4.78 is 25.9. The third kappa shape index (κ3) is 2.12.